The Morgan fingerprint density at radius 1 is 1.38 bits per heavy atom. The summed E-state index contributed by atoms with van der Waals surface area (Å²) in [7, 11) is 0. The van der Waals surface area contributed by atoms with E-state index in [0.29, 0.717) is 15.3 Å². The van der Waals surface area contributed by atoms with E-state index in [1.165, 1.54) is 0 Å². The Morgan fingerprint density at radius 3 is 2.83 bits per heavy atom. The summed E-state index contributed by atoms with van der Waals surface area (Å²) in [4.78, 5) is 11.0. The molecule has 0 radical (unpaired) electrons. The fraction of sp³-hybridized carbons (Fsp3) is 0.250. The monoisotopic (exact) mass is 399 g/mol. The molecule has 4 nitrogen and oxygen atoms in total. The smallest absolute Gasteiger partial charge is 0.195 e. The molecule has 2 heterocycles. The molecule has 0 saturated heterocycles. The zero-order chi connectivity index (χ0) is 17.1. The fourth-order valence-electron chi connectivity index (χ4n) is 2.07. The molecule has 0 unspecified atom stereocenters. The van der Waals surface area contributed by atoms with Crippen LogP contribution in [-0.2, 0) is 11.4 Å². The maximum absolute atomic E-state index is 6.12. The molecule has 0 N–H and O–H groups in total. The highest BCUT2D eigenvalue weighted by Gasteiger charge is 2.13. The van der Waals surface area contributed by atoms with Gasteiger partial charge in [0.15, 0.2) is 4.96 Å². The zero-order valence-electron chi connectivity index (χ0n) is 13.1. The molecule has 0 fully saturated rings. The topological polar surface area (TPSA) is 38.9 Å². The summed E-state index contributed by atoms with van der Waals surface area (Å²) in [5.41, 5.74) is 1.64. The predicted molar refractivity (Wildman–Crippen MR) is 103 cm³/mol. The Bertz CT molecular complexity index is 853. The number of oxime groups is 1. The van der Waals surface area contributed by atoms with E-state index >= 15 is 0 Å². The quantitative estimate of drug-likeness (QED) is 0.300. The van der Waals surface area contributed by atoms with Crippen molar-refractivity contribution in [2.75, 3.05) is 0 Å². The zero-order valence-corrected chi connectivity index (χ0v) is 16.2. The summed E-state index contributed by atoms with van der Waals surface area (Å²) in [6, 6.07) is 5.35. The van der Waals surface area contributed by atoms with Crippen LogP contribution < -0.4 is 0 Å². The van der Waals surface area contributed by atoms with Crippen molar-refractivity contribution in [3.8, 4) is 0 Å². The van der Waals surface area contributed by atoms with Gasteiger partial charge in [-0.25, -0.2) is 4.98 Å². The molecule has 0 aliphatic heterocycles. The van der Waals surface area contributed by atoms with Crippen molar-refractivity contribution in [3.05, 3.63) is 51.1 Å². The van der Waals surface area contributed by atoms with Crippen LogP contribution in [0.1, 0.15) is 25.1 Å². The van der Waals surface area contributed by atoms with Gasteiger partial charge in [0, 0.05) is 32.4 Å². The normalized spacial score (nSPS) is 11.9. The van der Waals surface area contributed by atoms with Crippen LogP contribution in [0.15, 0.2) is 40.0 Å². The van der Waals surface area contributed by atoms with Gasteiger partial charge in [-0.05, 0) is 12.1 Å². The minimum Gasteiger partial charge on any atom is -0.391 e. The van der Waals surface area contributed by atoms with Gasteiger partial charge in [0.25, 0.3) is 0 Å². The van der Waals surface area contributed by atoms with E-state index < -0.39 is 0 Å². The molecule has 24 heavy (non-hydrogen) atoms. The number of nitrogens with zero attached hydrogens (tertiary/aromatic N) is 3. The van der Waals surface area contributed by atoms with Crippen molar-refractivity contribution in [1.29, 1.82) is 0 Å². The summed E-state index contributed by atoms with van der Waals surface area (Å²) in [6.07, 6.45) is 3.66. The average Bonchev–Trinajstić information content (AvgIpc) is 3.07. The standard InChI is InChI=1S/C16H15Cl2N3OS2/c1-10(2)24-15-14(21-6-7-23-16(21)20-15)8-19-22-9-11-12(17)4-3-5-13(11)18/h3-8,10H,9H2,1-2H3/b19-8+. The summed E-state index contributed by atoms with van der Waals surface area (Å²) in [6.45, 7) is 4.48. The van der Waals surface area contributed by atoms with Gasteiger partial charge in [0.05, 0.1) is 6.21 Å². The van der Waals surface area contributed by atoms with Gasteiger partial charge in [-0.1, -0.05) is 48.3 Å². The Hall–Kier alpha value is -1.21. The number of hydrogen-bond donors (Lipinski definition) is 0. The van der Waals surface area contributed by atoms with Crippen LogP contribution in [0.3, 0.4) is 0 Å². The van der Waals surface area contributed by atoms with Crippen LogP contribution in [0, 0.1) is 0 Å². The van der Waals surface area contributed by atoms with E-state index in [0.717, 1.165) is 21.2 Å². The number of imidazole rings is 1. The van der Waals surface area contributed by atoms with Crippen molar-refractivity contribution in [2.24, 2.45) is 5.16 Å². The summed E-state index contributed by atoms with van der Waals surface area (Å²) >= 11 is 15.5. The maximum atomic E-state index is 6.12. The molecule has 3 rings (SSSR count). The van der Waals surface area contributed by atoms with Gasteiger partial charge >= 0.3 is 0 Å². The molecule has 0 spiro atoms. The maximum Gasteiger partial charge on any atom is 0.195 e. The molecule has 0 bridgehead atoms. The van der Waals surface area contributed by atoms with Crippen molar-refractivity contribution in [2.45, 2.75) is 30.7 Å². The first-order valence-corrected chi connectivity index (χ1v) is 9.78. The minimum atomic E-state index is 0.216. The van der Waals surface area contributed by atoms with Crippen molar-refractivity contribution in [3.63, 3.8) is 0 Å². The molecule has 0 saturated carbocycles. The average molecular weight is 400 g/mol. The molecule has 0 aliphatic carbocycles. The lowest BCUT2D eigenvalue weighted by Gasteiger charge is -2.05. The van der Waals surface area contributed by atoms with E-state index in [1.807, 2.05) is 16.0 Å². The first-order chi connectivity index (χ1) is 11.6. The van der Waals surface area contributed by atoms with Gasteiger partial charge in [-0.3, -0.25) is 4.40 Å². The summed E-state index contributed by atoms with van der Waals surface area (Å²) in [5.74, 6) is 0. The number of hydrogen-bond acceptors (Lipinski definition) is 5. The highest BCUT2D eigenvalue weighted by Crippen LogP contribution is 2.28. The largest absolute Gasteiger partial charge is 0.391 e. The predicted octanol–water partition coefficient (Wildman–Crippen LogP) is 5.75. The van der Waals surface area contributed by atoms with E-state index in [9.17, 15) is 0 Å². The molecule has 8 heteroatoms. The molecular weight excluding hydrogens is 385 g/mol. The second-order valence-electron chi connectivity index (χ2n) is 5.23. The highest BCUT2D eigenvalue weighted by molar-refractivity contribution is 7.99. The Balaban J connectivity index is 1.76. The van der Waals surface area contributed by atoms with Crippen LogP contribution >= 0.6 is 46.3 Å². The second kappa shape index (κ2) is 7.78. The Kier molecular flexibility index (Phi) is 5.71. The van der Waals surface area contributed by atoms with Gasteiger partial charge in [0.2, 0.25) is 0 Å². The number of aromatic nitrogens is 2. The van der Waals surface area contributed by atoms with E-state index in [1.54, 1.807) is 47.5 Å². The van der Waals surface area contributed by atoms with Crippen molar-refractivity contribution in [1.82, 2.24) is 9.38 Å². The second-order valence-corrected chi connectivity index (χ2v) is 8.49. The third-order valence-electron chi connectivity index (χ3n) is 3.13. The lowest BCUT2D eigenvalue weighted by Crippen LogP contribution is -1.95. The lowest BCUT2D eigenvalue weighted by molar-refractivity contribution is 0.132. The third kappa shape index (κ3) is 3.88. The summed E-state index contributed by atoms with van der Waals surface area (Å²) in [5, 5.41) is 8.59. The van der Waals surface area contributed by atoms with Crippen LogP contribution in [0.25, 0.3) is 4.96 Å². The molecule has 0 aliphatic rings. The molecule has 0 amide bonds. The fourth-order valence-corrected chi connectivity index (χ4v) is 4.21. The van der Waals surface area contributed by atoms with Crippen LogP contribution in [0.4, 0.5) is 0 Å². The van der Waals surface area contributed by atoms with Gasteiger partial charge < -0.3 is 4.84 Å². The molecular formula is C16H15Cl2N3OS2. The van der Waals surface area contributed by atoms with E-state index in [2.05, 4.69) is 24.0 Å². The minimum absolute atomic E-state index is 0.216. The highest BCUT2D eigenvalue weighted by atomic mass is 35.5. The Labute approximate surface area is 158 Å². The molecule has 1 aromatic carbocycles. The van der Waals surface area contributed by atoms with Crippen LogP contribution in [-0.4, -0.2) is 20.8 Å². The van der Waals surface area contributed by atoms with E-state index in [4.69, 9.17) is 28.0 Å². The molecule has 0 atom stereocenters. The number of rotatable bonds is 6. The number of halogens is 2. The molecule has 126 valence electrons. The summed E-state index contributed by atoms with van der Waals surface area (Å²) < 4.78 is 2.00. The first kappa shape index (κ1) is 17.6. The van der Waals surface area contributed by atoms with Crippen molar-refractivity contribution < 1.29 is 4.84 Å². The lowest BCUT2D eigenvalue weighted by atomic mass is 10.2. The number of fused-ring (bicyclic) bond motifs is 1. The van der Waals surface area contributed by atoms with Gasteiger partial charge in [0.1, 0.15) is 17.3 Å². The number of thioether (sulfide) groups is 1. The van der Waals surface area contributed by atoms with Crippen LogP contribution in [0.2, 0.25) is 10.0 Å². The van der Waals surface area contributed by atoms with Gasteiger partial charge in [-0.2, -0.15) is 0 Å². The first-order valence-electron chi connectivity index (χ1n) is 7.26. The Morgan fingerprint density at radius 2 is 2.12 bits per heavy atom. The number of thiazole rings is 1. The number of benzene rings is 1. The van der Waals surface area contributed by atoms with Crippen molar-refractivity contribution >= 4 is 57.5 Å². The van der Waals surface area contributed by atoms with E-state index in [-0.39, 0.29) is 6.61 Å². The molecule has 2 aromatic heterocycles. The van der Waals surface area contributed by atoms with Crippen LogP contribution in [0.5, 0.6) is 0 Å². The molecule has 3 aromatic rings. The third-order valence-corrected chi connectivity index (χ3v) is 5.59. The van der Waals surface area contributed by atoms with Gasteiger partial charge in [-0.15, -0.1) is 23.1 Å². The SMILES string of the molecule is CC(C)Sc1nc2sccn2c1/C=N/OCc1c(Cl)cccc1Cl.